The minimum atomic E-state index is -0.794. The molecule has 0 saturated carbocycles. The molecule has 2 aromatic rings. The van der Waals surface area contributed by atoms with Crippen molar-refractivity contribution in [3.8, 4) is 22.8 Å². The maximum atomic E-state index is 12.9. The minimum Gasteiger partial charge on any atom is -0.486 e. The third-order valence-electron chi connectivity index (χ3n) is 4.94. The van der Waals surface area contributed by atoms with E-state index in [1.54, 1.807) is 17.0 Å². The van der Waals surface area contributed by atoms with Gasteiger partial charge in [-0.1, -0.05) is 0 Å². The number of carbonyl (C=O) groups excluding carboxylic acids is 1. The van der Waals surface area contributed by atoms with E-state index in [9.17, 15) is 9.59 Å². The second kappa shape index (κ2) is 7.30. The second-order valence-electron chi connectivity index (χ2n) is 6.72. The molecule has 2 aliphatic heterocycles. The average Bonchev–Trinajstić information content (AvgIpc) is 3.17. The molecule has 1 aromatic heterocycles. The van der Waals surface area contributed by atoms with E-state index in [0.717, 1.165) is 0 Å². The first kappa shape index (κ1) is 17.4. The van der Waals surface area contributed by atoms with Crippen LogP contribution >= 0.6 is 0 Å². The fourth-order valence-electron chi connectivity index (χ4n) is 3.52. The number of nitrogens with zero attached hydrogens (tertiary/aromatic N) is 2. The van der Waals surface area contributed by atoms with Crippen molar-refractivity contribution < 1.29 is 28.6 Å². The van der Waals surface area contributed by atoms with Gasteiger partial charge in [-0.3, -0.25) is 9.59 Å². The predicted octanol–water partition coefficient (Wildman–Crippen LogP) is 2.44. The van der Waals surface area contributed by atoms with Gasteiger partial charge in [-0.15, -0.1) is 0 Å². The highest BCUT2D eigenvalue weighted by Gasteiger charge is 2.29. The summed E-state index contributed by atoms with van der Waals surface area (Å²) < 4.78 is 16.6. The van der Waals surface area contributed by atoms with Gasteiger partial charge in [0.25, 0.3) is 5.91 Å². The molecule has 3 heterocycles. The summed E-state index contributed by atoms with van der Waals surface area (Å²) in [4.78, 5) is 29.6. The summed E-state index contributed by atoms with van der Waals surface area (Å²) in [7, 11) is 0. The van der Waals surface area contributed by atoms with E-state index in [2.05, 4.69) is 4.98 Å². The summed E-state index contributed by atoms with van der Waals surface area (Å²) in [6, 6.07) is 5.38. The van der Waals surface area contributed by atoms with Crippen LogP contribution in [0.4, 0.5) is 0 Å². The van der Waals surface area contributed by atoms with Crippen LogP contribution in [0.1, 0.15) is 29.8 Å². The molecule has 142 valence electrons. The van der Waals surface area contributed by atoms with Crippen LogP contribution in [0.25, 0.3) is 11.3 Å². The van der Waals surface area contributed by atoms with Crippen LogP contribution in [-0.4, -0.2) is 53.2 Å². The number of rotatable bonds is 4. The maximum Gasteiger partial charge on any atom is 0.303 e. The van der Waals surface area contributed by atoms with Crippen LogP contribution in [0.3, 0.4) is 0 Å². The van der Waals surface area contributed by atoms with E-state index in [1.165, 1.54) is 6.39 Å². The molecule has 0 unspecified atom stereocenters. The first-order valence-corrected chi connectivity index (χ1v) is 8.96. The lowest BCUT2D eigenvalue weighted by molar-refractivity contribution is -0.138. The van der Waals surface area contributed by atoms with Crippen LogP contribution < -0.4 is 9.47 Å². The monoisotopic (exact) mass is 372 g/mol. The zero-order valence-electron chi connectivity index (χ0n) is 14.7. The van der Waals surface area contributed by atoms with Gasteiger partial charge in [-0.2, -0.15) is 0 Å². The lowest BCUT2D eigenvalue weighted by Crippen LogP contribution is -2.39. The van der Waals surface area contributed by atoms with Crippen LogP contribution in [0.5, 0.6) is 11.5 Å². The van der Waals surface area contributed by atoms with Crippen molar-refractivity contribution in [2.45, 2.75) is 19.3 Å². The molecule has 8 heteroatoms. The van der Waals surface area contributed by atoms with Crippen molar-refractivity contribution in [2.24, 2.45) is 5.92 Å². The molecule has 1 amide bonds. The number of ether oxygens (including phenoxy) is 2. The van der Waals surface area contributed by atoms with Crippen molar-refractivity contribution in [3.05, 3.63) is 30.3 Å². The smallest absolute Gasteiger partial charge is 0.303 e. The highest BCUT2D eigenvalue weighted by Crippen LogP contribution is 2.36. The Morgan fingerprint density at radius 1 is 1.15 bits per heavy atom. The number of benzene rings is 1. The Morgan fingerprint density at radius 2 is 1.89 bits per heavy atom. The number of amides is 1. The van der Waals surface area contributed by atoms with Gasteiger partial charge in [0.05, 0.1) is 0 Å². The Morgan fingerprint density at radius 3 is 2.63 bits per heavy atom. The molecule has 0 atom stereocenters. The molecule has 1 N–H and O–H groups in total. The summed E-state index contributed by atoms with van der Waals surface area (Å²) in [5.74, 6) is 0.784. The fraction of sp³-hybridized carbons (Fsp3) is 0.421. The van der Waals surface area contributed by atoms with Gasteiger partial charge in [0, 0.05) is 25.1 Å². The molecule has 1 fully saturated rings. The first-order chi connectivity index (χ1) is 13.1. The van der Waals surface area contributed by atoms with E-state index < -0.39 is 5.97 Å². The van der Waals surface area contributed by atoms with Gasteiger partial charge >= 0.3 is 5.97 Å². The van der Waals surface area contributed by atoms with E-state index in [4.69, 9.17) is 19.0 Å². The van der Waals surface area contributed by atoms with Crippen LogP contribution in [0.15, 0.2) is 29.0 Å². The number of likely N-dealkylation sites (tertiary alicyclic amines) is 1. The molecule has 1 saturated heterocycles. The Labute approximate surface area is 155 Å². The molecule has 2 aliphatic rings. The number of carbonyl (C=O) groups is 2. The number of hydrogen-bond donors (Lipinski definition) is 1. The predicted molar refractivity (Wildman–Crippen MR) is 93.8 cm³/mol. The molecular weight excluding hydrogens is 352 g/mol. The number of aromatic nitrogens is 1. The van der Waals surface area contributed by atoms with Gasteiger partial charge in [0.2, 0.25) is 0 Å². The minimum absolute atomic E-state index is 0.112. The van der Waals surface area contributed by atoms with Gasteiger partial charge in [0.1, 0.15) is 13.2 Å². The molecule has 1 aromatic carbocycles. The Balaban J connectivity index is 1.51. The Hall–Kier alpha value is -3.03. The first-order valence-electron chi connectivity index (χ1n) is 8.96. The second-order valence-corrected chi connectivity index (χ2v) is 6.72. The number of carboxylic acids is 1. The largest absolute Gasteiger partial charge is 0.486 e. The lowest BCUT2D eigenvalue weighted by Gasteiger charge is -2.31. The zero-order valence-corrected chi connectivity index (χ0v) is 14.7. The molecule has 27 heavy (non-hydrogen) atoms. The van der Waals surface area contributed by atoms with Crippen molar-refractivity contribution in [2.75, 3.05) is 26.3 Å². The Bertz CT molecular complexity index is 854. The van der Waals surface area contributed by atoms with Gasteiger partial charge in [0.15, 0.2) is 29.3 Å². The van der Waals surface area contributed by atoms with Crippen molar-refractivity contribution in [3.63, 3.8) is 0 Å². The molecule has 0 radical (unpaired) electrons. The number of fused-ring (bicyclic) bond motifs is 1. The van der Waals surface area contributed by atoms with Crippen LogP contribution in [-0.2, 0) is 4.79 Å². The standard InChI is InChI=1S/C19H20N2O6/c22-16(23)9-12-3-5-21(6-4-12)19(24)17-18(27-11-20-17)13-1-2-14-15(10-13)26-8-7-25-14/h1-2,10-12H,3-9H2,(H,22,23). The zero-order chi connectivity index (χ0) is 18.8. The van der Waals surface area contributed by atoms with Crippen molar-refractivity contribution >= 4 is 11.9 Å². The third kappa shape index (κ3) is 3.60. The highest BCUT2D eigenvalue weighted by atomic mass is 16.6. The van der Waals surface area contributed by atoms with Gasteiger partial charge < -0.3 is 23.9 Å². The van der Waals surface area contributed by atoms with Crippen molar-refractivity contribution in [1.29, 1.82) is 0 Å². The van der Waals surface area contributed by atoms with Crippen LogP contribution in [0.2, 0.25) is 0 Å². The SMILES string of the molecule is O=C(O)CC1CCN(C(=O)c2ncoc2-c2ccc3c(c2)OCCO3)CC1. The molecular formula is C19H20N2O6. The quantitative estimate of drug-likeness (QED) is 0.879. The molecule has 0 spiro atoms. The van der Waals surface area contributed by atoms with Gasteiger partial charge in [-0.25, -0.2) is 4.98 Å². The maximum absolute atomic E-state index is 12.9. The fourth-order valence-corrected chi connectivity index (χ4v) is 3.52. The van der Waals surface area contributed by atoms with E-state index in [-0.39, 0.29) is 23.9 Å². The summed E-state index contributed by atoms with van der Waals surface area (Å²) in [6.07, 6.45) is 2.76. The topological polar surface area (TPSA) is 102 Å². The highest BCUT2D eigenvalue weighted by molar-refractivity contribution is 5.97. The van der Waals surface area contributed by atoms with Crippen molar-refractivity contribution in [1.82, 2.24) is 9.88 Å². The van der Waals surface area contributed by atoms with E-state index >= 15 is 0 Å². The van der Waals surface area contributed by atoms with Crippen LogP contribution in [0, 0.1) is 5.92 Å². The molecule has 8 nitrogen and oxygen atoms in total. The number of piperidine rings is 1. The summed E-state index contributed by atoms with van der Waals surface area (Å²) in [6.45, 7) is 2.02. The number of carboxylic acid groups (broad SMARTS) is 1. The third-order valence-corrected chi connectivity index (χ3v) is 4.94. The number of hydrogen-bond acceptors (Lipinski definition) is 6. The summed E-state index contributed by atoms with van der Waals surface area (Å²) in [5.41, 5.74) is 0.948. The number of oxazole rings is 1. The Kier molecular flexibility index (Phi) is 4.70. The average molecular weight is 372 g/mol. The summed E-state index contributed by atoms with van der Waals surface area (Å²) >= 11 is 0. The number of aliphatic carboxylic acids is 1. The molecule has 0 aliphatic carbocycles. The van der Waals surface area contributed by atoms with Gasteiger partial charge in [-0.05, 0) is 37.0 Å². The lowest BCUT2D eigenvalue weighted by atomic mass is 9.93. The van der Waals surface area contributed by atoms with E-state index in [1.807, 2.05) is 6.07 Å². The molecule has 4 rings (SSSR count). The van der Waals surface area contributed by atoms with E-state index in [0.29, 0.717) is 62.0 Å². The normalized spacial score (nSPS) is 17.0. The molecule has 0 bridgehead atoms. The summed E-state index contributed by atoms with van der Waals surface area (Å²) in [5, 5.41) is 8.92.